The van der Waals surface area contributed by atoms with Crippen molar-refractivity contribution in [1.29, 1.82) is 0 Å². The van der Waals surface area contributed by atoms with Gasteiger partial charge in [0.05, 0.1) is 18.7 Å². The van der Waals surface area contributed by atoms with Crippen LogP contribution < -0.4 is 10.9 Å². The molecule has 0 bridgehead atoms. The Hall–Kier alpha value is -3.07. The third kappa shape index (κ3) is 4.51. The summed E-state index contributed by atoms with van der Waals surface area (Å²) in [5, 5.41) is 5.53. The molecule has 2 heterocycles. The van der Waals surface area contributed by atoms with Crippen molar-refractivity contribution in [3.05, 3.63) is 57.6 Å². The summed E-state index contributed by atoms with van der Waals surface area (Å²) in [6.07, 6.45) is 2.03. The van der Waals surface area contributed by atoms with Crippen molar-refractivity contribution >= 4 is 34.9 Å². The lowest BCUT2D eigenvalue weighted by Gasteiger charge is -2.19. The SMILES string of the molecule is CSc1ccccc1NC(=O)CN(C)C(=O)Cc1c(C)nc2cc(=O)[nH]n2c1C. The van der Waals surface area contributed by atoms with Gasteiger partial charge in [-0.1, -0.05) is 12.1 Å². The van der Waals surface area contributed by atoms with Crippen LogP contribution in [0.25, 0.3) is 5.65 Å². The van der Waals surface area contributed by atoms with Gasteiger partial charge >= 0.3 is 0 Å². The number of H-pyrrole nitrogens is 1. The Balaban J connectivity index is 1.70. The molecule has 0 aliphatic carbocycles. The largest absolute Gasteiger partial charge is 0.336 e. The quantitative estimate of drug-likeness (QED) is 0.602. The van der Waals surface area contributed by atoms with Crippen LogP contribution in [0, 0.1) is 13.8 Å². The molecule has 1 aromatic carbocycles. The van der Waals surface area contributed by atoms with Gasteiger partial charge in [-0.2, -0.15) is 0 Å². The maximum Gasteiger partial charge on any atom is 0.266 e. The van der Waals surface area contributed by atoms with E-state index in [9.17, 15) is 14.4 Å². The van der Waals surface area contributed by atoms with Crippen LogP contribution in [0.1, 0.15) is 17.0 Å². The van der Waals surface area contributed by atoms with Gasteiger partial charge in [-0.15, -0.1) is 11.8 Å². The lowest BCUT2D eigenvalue weighted by molar-refractivity contribution is -0.132. The minimum absolute atomic E-state index is 0.0599. The molecule has 3 aromatic rings. The van der Waals surface area contributed by atoms with E-state index < -0.39 is 0 Å². The normalized spacial score (nSPS) is 10.9. The lowest BCUT2D eigenvalue weighted by Crippen LogP contribution is -2.36. The highest BCUT2D eigenvalue weighted by Gasteiger charge is 2.18. The molecule has 152 valence electrons. The van der Waals surface area contributed by atoms with Gasteiger partial charge in [-0.3, -0.25) is 19.5 Å². The number of hydrogen-bond acceptors (Lipinski definition) is 5. The number of rotatable bonds is 6. The smallest absolute Gasteiger partial charge is 0.266 e. The number of fused-ring (bicyclic) bond motifs is 1. The monoisotopic (exact) mass is 413 g/mol. The molecule has 8 nitrogen and oxygen atoms in total. The average molecular weight is 414 g/mol. The number of aryl methyl sites for hydroxylation is 2. The number of benzene rings is 1. The first kappa shape index (κ1) is 20.7. The number of carbonyl (C=O) groups is 2. The summed E-state index contributed by atoms with van der Waals surface area (Å²) in [7, 11) is 1.59. The molecule has 0 unspecified atom stereocenters. The van der Waals surface area contributed by atoms with E-state index in [1.807, 2.05) is 37.4 Å². The maximum atomic E-state index is 12.7. The van der Waals surface area contributed by atoms with Gasteiger partial charge in [0.2, 0.25) is 11.8 Å². The second-order valence-corrected chi connectivity index (χ2v) is 7.60. The van der Waals surface area contributed by atoms with Crippen molar-refractivity contribution in [2.75, 3.05) is 25.2 Å². The molecule has 0 aliphatic heterocycles. The predicted molar refractivity (Wildman–Crippen MR) is 113 cm³/mol. The Kier molecular flexibility index (Phi) is 6.07. The topological polar surface area (TPSA) is 99.6 Å². The van der Waals surface area contributed by atoms with Crippen molar-refractivity contribution in [1.82, 2.24) is 19.5 Å². The van der Waals surface area contributed by atoms with E-state index in [1.54, 1.807) is 30.2 Å². The number of nitrogens with zero attached hydrogens (tertiary/aromatic N) is 3. The van der Waals surface area contributed by atoms with E-state index in [1.165, 1.54) is 11.0 Å². The predicted octanol–water partition coefficient (Wildman–Crippen LogP) is 2.00. The van der Waals surface area contributed by atoms with Crippen molar-refractivity contribution in [2.45, 2.75) is 25.2 Å². The number of hydrogen-bond donors (Lipinski definition) is 2. The maximum absolute atomic E-state index is 12.7. The van der Waals surface area contributed by atoms with Crippen molar-refractivity contribution in [3.8, 4) is 0 Å². The Bertz CT molecular complexity index is 1130. The molecule has 0 radical (unpaired) electrons. The number of nitrogens with one attached hydrogen (secondary N) is 2. The molecule has 0 spiro atoms. The minimum atomic E-state index is -0.265. The molecule has 9 heteroatoms. The molecule has 0 fully saturated rings. The van der Waals surface area contributed by atoms with Crippen molar-refractivity contribution < 1.29 is 9.59 Å². The van der Waals surface area contributed by atoms with E-state index in [0.717, 1.165) is 21.8 Å². The molecule has 0 saturated carbocycles. The molecular formula is C20H23N5O3S. The average Bonchev–Trinajstić information content (AvgIpc) is 3.05. The van der Waals surface area contributed by atoms with Gasteiger partial charge in [-0.25, -0.2) is 9.50 Å². The number of anilines is 1. The van der Waals surface area contributed by atoms with Gasteiger partial charge in [-0.05, 0) is 32.2 Å². The third-order valence-electron chi connectivity index (χ3n) is 4.72. The molecule has 2 N–H and O–H groups in total. The van der Waals surface area contributed by atoms with E-state index in [4.69, 9.17) is 0 Å². The second kappa shape index (κ2) is 8.52. The fraction of sp³-hybridized carbons (Fsp3) is 0.300. The zero-order valence-electron chi connectivity index (χ0n) is 16.8. The van der Waals surface area contributed by atoms with Crippen LogP contribution in [0.3, 0.4) is 0 Å². The molecule has 0 saturated heterocycles. The van der Waals surface area contributed by atoms with Crippen LogP contribution >= 0.6 is 11.8 Å². The molecule has 0 aliphatic rings. The number of aromatic nitrogens is 3. The lowest BCUT2D eigenvalue weighted by atomic mass is 10.1. The molecule has 3 rings (SSSR count). The van der Waals surface area contributed by atoms with Crippen LogP contribution in [0.5, 0.6) is 0 Å². The van der Waals surface area contributed by atoms with Crippen LogP contribution in [0.2, 0.25) is 0 Å². The van der Waals surface area contributed by atoms with E-state index in [0.29, 0.717) is 11.3 Å². The minimum Gasteiger partial charge on any atom is -0.336 e. The second-order valence-electron chi connectivity index (χ2n) is 6.75. The first-order chi connectivity index (χ1) is 13.8. The Morgan fingerprint density at radius 3 is 2.72 bits per heavy atom. The van der Waals surface area contributed by atoms with E-state index >= 15 is 0 Å². The van der Waals surface area contributed by atoms with E-state index in [-0.39, 0.29) is 30.3 Å². The fourth-order valence-corrected chi connectivity index (χ4v) is 3.69. The fourth-order valence-electron chi connectivity index (χ4n) is 3.14. The number of aromatic amines is 1. The summed E-state index contributed by atoms with van der Waals surface area (Å²) >= 11 is 1.54. The zero-order valence-corrected chi connectivity index (χ0v) is 17.6. The first-order valence-electron chi connectivity index (χ1n) is 9.05. The van der Waals surface area contributed by atoms with Gasteiger partial charge in [0, 0.05) is 35.0 Å². The third-order valence-corrected chi connectivity index (χ3v) is 5.51. The molecule has 2 aromatic heterocycles. The number of thioether (sulfide) groups is 1. The molecule has 0 atom stereocenters. The summed E-state index contributed by atoms with van der Waals surface area (Å²) < 4.78 is 1.57. The highest BCUT2D eigenvalue weighted by atomic mass is 32.2. The van der Waals surface area contributed by atoms with Gasteiger partial charge < -0.3 is 10.2 Å². The number of likely N-dealkylation sites (N-methyl/N-ethyl adjacent to an activating group) is 1. The Morgan fingerprint density at radius 1 is 1.28 bits per heavy atom. The summed E-state index contributed by atoms with van der Waals surface area (Å²) in [6.45, 7) is 3.57. The zero-order chi connectivity index (χ0) is 21.1. The first-order valence-corrected chi connectivity index (χ1v) is 10.3. The van der Waals surface area contributed by atoms with Gasteiger partial charge in [0.1, 0.15) is 0 Å². The molecular weight excluding hydrogens is 390 g/mol. The standard InChI is InChI=1S/C20H23N5O3S/c1-12-14(13(2)25-17(21-12)10-18(26)23-25)9-20(28)24(3)11-19(27)22-15-7-5-6-8-16(15)29-4/h5-8,10H,9,11H2,1-4H3,(H,22,27)(H,23,26). The van der Waals surface area contributed by atoms with E-state index in [2.05, 4.69) is 15.4 Å². The Morgan fingerprint density at radius 2 is 2.00 bits per heavy atom. The summed E-state index contributed by atoms with van der Waals surface area (Å²) in [4.78, 5) is 43.4. The van der Waals surface area contributed by atoms with Crippen LogP contribution in [-0.4, -0.2) is 51.2 Å². The number of para-hydroxylation sites is 1. The van der Waals surface area contributed by atoms with Gasteiger partial charge in [0.15, 0.2) is 5.65 Å². The van der Waals surface area contributed by atoms with Crippen LogP contribution in [-0.2, 0) is 16.0 Å². The molecule has 2 amide bonds. The number of amides is 2. The van der Waals surface area contributed by atoms with Crippen molar-refractivity contribution in [3.63, 3.8) is 0 Å². The van der Waals surface area contributed by atoms with Crippen LogP contribution in [0.15, 0.2) is 40.0 Å². The summed E-state index contributed by atoms with van der Waals surface area (Å²) in [6, 6.07) is 8.93. The van der Waals surface area contributed by atoms with Crippen LogP contribution in [0.4, 0.5) is 5.69 Å². The highest BCUT2D eigenvalue weighted by molar-refractivity contribution is 7.98. The van der Waals surface area contributed by atoms with Gasteiger partial charge in [0.25, 0.3) is 5.56 Å². The van der Waals surface area contributed by atoms with Crippen molar-refractivity contribution in [2.24, 2.45) is 0 Å². The summed E-state index contributed by atoms with van der Waals surface area (Å²) in [5.74, 6) is -0.473. The molecule has 29 heavy (non-hydrogen) atoms. The summed E-state index contributed by atoms with van der Waals surface area (Å²) in [5.41, 5.74) is 3.15. The highest BCUT2D eigenvalue weighted by Crippen LogP contribution is 2.24. The number of carbonyl (C=O) groups excluding carboxylic acids is 2. The Labute approximate surface area is 172 Å².